The summed E-state index contributed by atoms with van der Waals surface area (Å²) in [5.74, 6) is 1.62. The van der Waals surface area contributed by atoms with E-state index in [4.69, 9.17) is 13.9 Å². The quantitative estimate of drug-likeness (QED) is 0.388. The number of carbonyl (C=O) groups is 1. The lowest BCUT2D eigenvalue weighted by atomic mass is 10.1. The molecule has 0 aliphatic rings. The Morgan fingerprint density at radius 2 is 1.72 bits per heavy atom. The highest BCUT2D eigenvalue weighted by Crippen LogP contribution is 2.33. The van der Waals surface area contributed by atoms with Gasteiger partial charge in [-0.15, -0.1) is 10.2 Å². The molecule has 0 aliphatic carbocycles. The highest BCUT2D eigenvalue weighted by atomic mass is 16.5. The first-order valence-corrected chi connectivity index (χ1v) is 9.90. The number of nitrogens with zero attached hydrogens (tertiary/aromatic N) is 2. The number of ether oxygens (including phenoxy) is 2. The number of anilines is 1. The number of hydrogen-bond acceptors (Lipinski definition) is 6. The lowest BCUT2D eigenvalue weighted by molar-refractivity contribution is 0.102. The van der Waals surface area contributed by atoms with Crippen LogP contribution >= 0.6 is 0 Å². The van der Waals surface area contributed by atoms with Gasteiger partial charge in [0.2, 0.25) is 11.8 Å². The Hall–Kier alpha value is -4.39. The van der Waals surface area contributed by atoms with Crippen LogP contribution in [0.5, 0.6) is 11.5 Å². The summed E-state index contributed by atoms with van der Waals surface area (Å²) < 4.78 is 16.7. The van der Waals surface area contributed by atoms with Crippen molar-refractivity contribution >= 4 is 11.6 Å². The fourth-order valence-electron chi connectivity index (χ4n) is 3.02. The molecule has 0 bridgehead atoms. The van der Waals surface area contributed by atoms with E-state index in [0.717, 1.165) is 5.56 Å². The molecule has 0 fully saturated rings. The molecule has 32 heavy (non-hydrogen) atoms. The van der Waals surface area contributed by atoms with E-state index in [-0.39, 0.29) is 11.8 Å². The van der Waals surface area contributed by atoms with Gasteiger partial charge in [-0.3, -0.25) is 4.79 Å². The van der Waals surface area contributed by atoms with Gasteiger partial charge in [-0.2, -0.15) is 0 Å². The number of methoxy groups -OCH3 is 1. The third-order valence-corrected chi connectivity index (χ3v) is 4.64. The molecule has 0 saturated carbocycles. The average Bonchev–Trinajstić information content (AvgIpc) is 3.34. The van der Waals surface area contributed by atoms with Crippen LogP contribution < -0.4 is 14.8 Å². The summed E-state index contributed by atoms with van der Waals surface area (Å²) >= 11 is 0. The SMILES string of the molecule is C=CCOc1ccc(NC(=O)c2ccc(OC)cc2)c(-c2nnc(-c3ccccc3)o2)c1. The van der Waals surface area contributed by atoms with Crippen molar-refractivity contribution < 1.29 is 18.7 Å². The van der Waals surface area contributed by atoms with Gasteiger partial charge >= 0.3 is 0 Å². The smallest absolute Gasteiger partial charge is 0.255 e. The maximum absolute atomic E-state index is 12.8. The van der Waals surface area contributed by atoms with E-state index in [1.54, 1.807) is 55.7 Å². The largest absolute Gasteiger partial charge is 0.497 e. The number of hydrogen-bond donors (Lipinski definition) is 1. The number of benzene rings is 3. The van der Waals surface area contributed by atoms with Gasteiger partial charge in [0.1, 0.15) is 18.1 Å². The summed E-state index contributed by atoms with van der Waals surface area (Å²) in [6.45, 7) is 4.01. The average molecular weight is 427 g/mol. The number of nitrogens with one attached hydrogen (secondary N) is 1. The Kier molecular flexibility index (Phi) is 6.27. The van der Waals surface area contributed by atoms with Gasteiger partial charge < -0.3 is 19.2 Å². The van der Waals surface area contributed by atoms with Crippen molar-refractivity contribution in [3.63, 3.8) is 0 Å². The van der Waals surface area contributed by atoms with Crippen LogP contribution in [0.4, 0.5) is 5.69 Å². The normalized spacial score (nSPS) is 10.4. The van der Waals surface area contributed by atoms with Crippen molar-refractivity contribution in [1.82, 2.24) is 10.2 Å². The van der Waals surface area contributed by atoms with Crippen LogP contribution in [0.1, 0.15) is 10.4 Å². The number of carbonyl (C=O) groups excluding carboxylic acids is 1. The van der Waals surface area contributed by atoms with Gasteiger partial charge in [0, 0.05) is 11.1 Å². The first-order valence-electron chi connectivity index (χ1n) is 9.90. The Morgan fingerprint density at radius 1 is 1.00 bits per heavy atom. The molecule has 7 heteroatoms. The van der Waals surface area contributed by atoms with Crippen molar-refractivity contribution in [3.8, 4) is 34.4 Å². The Morgan fingerprint density at radius 3 is 2.44 bits per heavy atom. The second-order valence-corrected chi connectivity index (χ2v) is 6.77. The number of rotatable bonds is 8. The van der Waals surface area contributed by atoms with E-state index >= 15 is 0 Å². The lowest BCUT2D eigenvalue weighted by Crippen LogP contribution is -2.12. The zero-order chi connectivity index (χ0) is 22.3. The van der Waals surface area contributed by atoms with Crippen LogP contribution in [0.15, 0.2) is 89.9 Å². The molecule has 0 aliphatic heterocycles. The molecule has 3 aromatic carbocycles. The summed E-state index contributed by atoms with van der Waals surface area (Å²) in [4.78, 5) is 12.8. The van der Waals surface area contributed by atoms with Crippen LogP contribution in [0.2, 0.25) is 0 Å². The fraction of sp³-hybridized carbons (Fsp3) is 0.0800. The van der Waals surface area contributed by atoms with Gasteiger partial charge in [-0.1, -0.05) is 30.9 Å². The molecule has 0 atom stereocenters. The summed E-state index contributed by atoms with van der Waals surface area (Å²) in [6.07, 6.45) is 1.65. The van der Waals surface area contributed by atoms with E-state index in [1.165, 1.54) is 0 Å². The third-order valence-electron chi connectivity index (χ3n) is 4.64. The molecule has 1 amide bonds. The highest BCUT2D eigenvalue weighted by Gasteiger charge is 2.17. The Balaban J connectivity index is 1.67. The molecule has 0 radical (unpaired) electrons. The van der Waals surface area contributed by atoms with Gasteiger partial charge in [0.25, 0.3) is 5.91 Å². The van der Waals surface area contributed by atoms with Gasteiger partial charge in [-0.05, 0) is 54.6 Å². The number of amides is 1. The van der Waals surface area contributed by atoms with Crippen molar-refractivity contribution in [2.45, 2.75) is 0 Å². The van der Waals surface area contributed by atoms with Crippen molar-refractivity contribution in [1.29, 1.82) is 0 Å². The van der Waals surface area contributed by atoms with Crippen molar-refractivity contribution in [2.24, 2.45) is 0 Å². The summed E-state index contributed by atoms with van der Waals surface area (Å²) in [6, 6.07) is 21.5. The standard InChI is InChI=1S/C25H21N3O4/c1-3-15-31-20-13-14-22(26-23(29)17-9-11-19(30-2)12-10-17)21(16-20)25-28-27-24(32-25)18-7-5-4-6-8-18/h3-14,16H,1,15H2,2H3,(H,26,29). The van der Waals surface area contributed by atoms with E-state index in [9.17, 15) is 4.79 Å². The minimum absolute atomic E-state index is 0.262. The van der Waals surface area contributed by atoms with Crippen LogP contribution in [0.3, 0.4) is 0 Å². The molecular weight excluding hydrogens is 406 g/mol. The molecule has 4 aromatic rings. The predicted molar refractivity (Wildman–Crippen MR) is 122 cm³/mol. The van der Waals surface area contributed by atoms with E-state index in [2.05, 4.69) is 22.1 Å². The Bertz CT molecular complexity index is 1220. The molecule has 1 aromatic heterocycles. The minimum atomic E-state index is -0.281. The molecule has 0 spiro atoms. The minimum Gasteiger partial charge on any atom is -0.497 e. The van der Waals surface area contributed by atoms with Crippen molar-refractivity contribution in [3.05, 3.63) is 91.0 Å². The van der Waals surface area contributed by atoms with Crippen LogP contribution in [0, 0.1) is 0 Å². The van der Waals surface area contributed by atoms with Crippen molar-refractivity contribution in [2.75, 3.05) is 19.0 Å². The molecule has 7 nitrogen and oxygen atoms in total. The van der Waals surface area contributed by atoms with Crippen LogP contribution in [-0.4, -0.2) is 29.8 Å². The molecule has 1 heterocycles. The van der Waals surface area contributed by atoms with Crippen LogP contribution in [-0.2, 0) is 0 Å². The number of aromatic nitrogens is 2. The third kappa shape index (κ3) is 4.67. The van der Waals surface area contributed by atoms with E-state index in [1.807, 2.05) is 30.3 Å². The van der Waals surface area contributed by atoms with E-state index in [0.29, 0.717) is 40.8 Å². The fourth-order valence-corrected chi connectivity index (χ4v) is 3.02. The first-order chi connectivity index (χ1) is 15.7. The topological polar surface area (TPSA) is 86.5 Å². The molecule has 0 unspecified atom stereocenters. The molecule has 0 saturated heterocycles. The molecular formula is C25H21N3O4. The maximum Gasteiger partial charge on any atom is 0.255 e. The summed E-state index contributed by atoms with van der Waals surface area (Å²) in [5, 5.41) is 11.3. The first kappa shape index (κ1) is 20.9. The molecule has 160 valence electrons. The second kappa shape index (κ2) is 9.61. The second-order valence-electron chi connectivity index (χ2n) is 6.77. The Labute approximate surface area is 185 Å². The maximum atomic E-state index is 12.8. The monoisotopic (exact) mass is 427 g/mol. The predicted octanol–water partition coefficient (Wildman–Crippen LogP) is 5.23. The van der Waals surface area contributed by atoms with Gasteiger partial charge in [0.15, 0.2) is 0 Å². The zero-order valence-corrected chi connectivity index (χ0v) is 17.4. The van der Waals surface area contributed by atoms with Gasteiger partial charge in [0.05, 0.1) is 18.4 Å². The summed E-state index contributed by atoms with van der Waals surface area (Å²) in [7, 11) is 1.57. The highest BCUT2D eigenvalue weighted by molar-refractivity contribution is 6.06. The van der Waals surface area contributed by atoms with E-state index < -0.39 is 0 Å². The lowest BCUT2D eigenvalue weighted by Gasteiger charge is -2.11. The molecule has 1 N–H and O–H groups in total. The van der Waals surface area contributed by atoms with Gasteiger partial charge in [-0.25, -0.2) is 0 Å². The van der Waals surface area contributed by atoms with Crippen LogP contribution in [0.25, 0.3) is 22.9 Å². The summed E-state index contributed by atoms with van der Waals surface area (Å²) in [5.41, 5.74) is 2.34. The zero-order valence-electron chi connectivity index (χ0n) is 17.4. The molecule has 4 rings (SSSR count).